The molecule has 118 valence electrons. The van der Waals surface area contributed by atoms with Crippen LogP contribution in [0.5, 0.6) is 5.75 Å². The molecule has 0 aromatic heterocycles. The van der Waals surface area contributed by atoms with E-state index in [2.05, 4.69) is 4.90 Å². The van der Waals surface area contributed by atoms with E-state index < -0.39 is 0 Å². The maximum atomic E-state index is 14.0. The van der Waals surface area contributed by atoms with Gasteiger partial charge in [0.05, 0.1) is 7.11 Å². The van der Waals surface area contributed by atoms with Crippen LogP contribution in [0.25, 0.3) is 0 Å². The first kappa shape index (κ1) is 16.2. The molecule has 1 saturated heterocycles. The average molecular weight is 295 g/mol. The molecular formula is C17H26FNO2. The number of halogens is 1. The fourth-order valence-corrected chi connectivity index (χ4v) is 2.97. The van der Waals surface area contributed by atoms with E-state index in [4.69, 9.17) is 9.47 Å². The summed E-state index contributed by atoms with van der Waals surface area (Å²) in [7, 11) is 3.31. The van der Waals surface area contributed by atoms with Crippen LogP contribution < -0.4 is 4.74 Å². The van der Waals surface area contributed by atoms with E-state index in [1.807, 2.05) is 12.1 Å². The third-order valence-corrected chi connectivity index (χ3v) is 4.32. The molecule has 0 amide bonds. The second kappa shape index (κ2) is 8.35. The van der Waals surface area contributed by atoms with Gasteiger partial charge in [0.25, 0.3) is 0 Å². The van der Waals surface area contributed by atoms with E-state index in [0.29, 0.717) is 12.3 Å². The maximum absolute atomic E-state index is 14.0. The van der Waals surface area contributed by atoms with Crippen LogP contribution in [0.4, 0.5) is 4.39 Å². The van der Waals surface area contributed by atoms with Gasteiger partial charge in [-0.1, -0.05) is 6.07 Å². The van der Waals surface area contributed by atoms with E-state index in [0.717, 1.165) is 37.6 Å². The SMILES string of the molecule is COCCCC1CCN(Cc2ccc(OC)cc2F)CC1. The largest absolute Gasteiger partial charge is 0.497 e. The molecule has 0 unspecified atom stereocenters. The normalized spacial score (nSPS) is 17.1. The number of hydrogen-bond donors (Lipinski definition) is 0. The van der Waals surface area contributed by atoms with Gasteiger partial charge in [0.15, 0.2) is 0 Å². The molecule has 0 aliphatic carbocycles. The van der Waals surface area contributed by atoms with Crippen molar-refractivity contribution in [2.75, 3.05) is 33.9 Å². The Bertz CT molecular complexity index is 431. The molecule has 0 spiro atoms. The molecule has 0 N–H and O–H groups in total. The molecule has 0 radical (unpaired) electrons. The van der Waals surface area contributed by atoms with Crippen molar-refractivity contribution in [2.45, 2.75) is 32.2 Å². The van der Waals surface area contributed by atoms with Crippen LogP contribution in [-0.2, 0) is 11.3 Å². The molecule has 1 aliphatic rings. The van der Waals surface area contributed by atoms with Gasteiger partial charge in [0.1, 0.15) is 11.6 Å². The first-order valence-corrected chi connectivity index (χ1v) is 7.76. The number of rotatable bonds is 7. The maximum Gasteiger partial charge on any atom is 0.131 e. The Hall–Kier alpha value is -1.13. The van der Waals surface area contributed by atoms with E-state index in [1.165, 1.54) is 25.3 Å². The highest BCUT2D eigenvalue weighted by Crippen LogP contribution is 2.24. The van der Waals surface area contributed by atoms with Crippen LogP contribution in [0.1, 0.15) is 31.2 Å². The molecule has 1 aromatic rings. The second-order valence-electron chi connectivity index (χ2n) is 5.81. The van der Waals surface area contributed by atoms with Gasteiger partial charge < -0.3 is 9.47 Å². The van der Waals surface area contributed by atoms with E-state index in [1.54, 1.807) is 14.2 Å². The minimum atomic E-state index is -0.170. The molecule has 1 heterocycles. The molecule has 3 nitrogen and oxygen atoms in total. The minimum absolute atomic E-state index is 0.170. The monoisotopic (exact) mass is 295 g/mol. The summed E-state index contributed by atoms with van der Waals surface area (Å²) in [6.45, 7) is 3.67. The number of hydrogen-bond acceptors (Lipinski definition) is 3. The molecule has 4 heteroatoms. The van der Waals surface area contributed by atoms with Crippen LogP contribution in [0.15, 0.2) is 18.2 Å². The second-order valence-corrected chi connectivity index (χ2v) is 5.81. The standard InChI is InChI=1S/C17H26FNO2/c1-20-11-3-4-14-7-9-19(10-8-14)13-15-5-6-16(21-2)12-17(15)18/h5-6,12,14H,3-4,7-11,13H2,1-2H3. The zero-order chi connectivity index (χ0) is 15.1. The van der Waals surface area contributed by atoms with E-state index >= 15 is 0 Å². The van der Waals surface area contributed by atoms with Crippen LogP contribution in [-0.4, -0.2) is 38.8 Å². The number of methoxy groups -OCH3 is 2. The molecule has 0 atom stereocenters. The molecule has 21 heavy (non-hydrogen) atoms. The number of nitrogens with zero attached hydrogens (tertiary/aromatic N) is 1. The summed E-state index contributed by atoms with van der Waals surface area (Å²) in [5, 5.41) is 0. The zero-order valence-corrected chi connectivity index (χ0v) is 13.1. The summed E-state index contributed by atoms with van der Waals surface area (Å²) in [6, 6.07) is 5.13. The van der Waals surface area contributed by atoms with Gasteiger partial charge in [-0.3, -0.25) is 4.90 Å². The number of ether oxygens (including phenoxy) is 2. The molecule has 1 aromatic carbocycles. The summed E-state index contributed by atoms with van der Waals surface area (Å²) in [6.07, 6.45) is 4.82. The summed E-state index contributed by atoms with van der Waals surface area (Å²) in [5.41, 5.74) is 0.758. The first-order valence-electron chi connectivity index (χ1n) is 7.76. The zero-order valence-electron chi connectivity index (χ0n) is 13.1. The lowest BCUT2D eigenvalue weighted by Gasteiger charge is -2.32. The Labute approximate surface area is 127 Å². The Morgan fingerprint density at radius 2 is 2.00 bits per heavy atom. The Morgan fingerprint density at radius 3 is 2.62 bits per heavy atom. The fraction of sp³-hybridized carbons (Fsp3) is 0.647. The molecule has 1 fully saturated rings. The third-order valence-electron chi connectivity index (χ3n) is 4.32. The van der Waals surface area contributed by atoms with Crippen molar-refractivity contribution in [3.63, 3.8) is 0 Å². The molecule has 0 saturated carbocycles. The Kier molecular flexibility index (Phi) is 6.46. The summed E-state index contributed by atoms with van der Waals surface area (Å²) in [5.74, 6) is 1.21. The van der Waals surface area contributed by atoms with Crippen molar-refractivity contribution < 1.29 is 13.9 Å². The van der Waals surface area contributed by atoms with Gasteiger partial charge in [-0.15, -0.1) is 0 Å². The highest BCUT2D eigenvalue weighted by atomic mass is 19.1. The smallest absolute Gasteiger partial charge is 0.131 e. The average Bonchev–Trinajstić information content (AvgIpc) is 2.51. The number of benzene rings is 1. The van der Waals surface area contributed by atoms with Crippen LogP contribution >= 0.6 is 0 Å². The van der Waals surface area contributed by atoms with Gasteiger partial charge >= 0.3 is 0 Å². The van der Waals surface area contributed by atoms with Crippen molar-refractivity contribution in [2.24, 2.45) is 5.92 Å². The van der Waals surface area contributed by atoms with Gasteiger partial charge in [-0.2, -0.15) is 0 Å². The van der Waals surface area contributed by atoms with Crippen LogP contribution in [0, 0.1) is 11.7 Å². The summed E-state index contributed by atoms with van der Waals surface area (Å²) >= 11 is 0. The number of piperidine rings is 1. The quantitative estimate of drug-likeness (QED) is 0.719. The highest BCUT2D eigenvalue weighted by Gasteiger charge is 2.19. The lowest BCUT2D eigenvalue weighted by atomic mass is 9.92. The first-order chi connectivity index (χ1) is 10.2. The number of likely N-dealkylation sites (tertiary alicyclic amines) is 1. The molecular weight excluding hydrogens is 269 g/mol. The fourth-order valence-electron chi connectivity index (χ4n) is 2.97. The lowest BCUT2D eigenvalue weighted by molar-refractivity contribution is 0.150. The van der Waals surface area contributed by atoms with Crippen molar-refractivity contribution in [3.8, 4) is 5.75 Å². The van der Waals surface area contributed by atoms with E-state index in [9.17, 15) is 4.39 Å². The van der Waals surface area contributed by atoms with Crippen molar-refractivity contribution in [3.05, 3.63) is 29.6 Å². The Morgan fingerprint density at radius 1 is 1.24 bits per heavy atom. The summed E-state index contributed by atoms with van der Waals surface area (Å²) < 4.78 is 24.1. The van der Waals surface area contributed by atoms with Gasteiger partial charge in [-0.05, 0) is 50.8 Å². The van der Waals surface area contributed by atoms with Crippen molar-refractivity contribution >= 4 is 0 Å². The Balaban J connectivity index is 1.78. The van der Waals surface area contributed by atoms with Crippen molar-refractivity contribution in [1.29, 1.82) is 0 Å². The summed E-state index contributed by atoms with van der Waals surface area (Å²) in [4.78, 5) is 2.34. The topological polar surface area (TPSA) is 21.7 Å². The molecule has 0 bridgehead atoms. The van der Waals surface area contributed by atoms with Gasteiger partial charge in [0.2, 0.25) is 0 Å². The highest BCUT2D eigenvalue weighted by molar-refractivity contribution is 5.28. The third kappa shape index (κ3) is 4.97. The predicted molar refractivity (Wildman–Crippen MR) is 82.1 cm³/mol. The molecule has 2 rings (SSSR count). The van der Waals surface area contributed by atoms with Crippen molar-refractivity contribution in [1.82, 2.24) is 4.90 Å². The minimum Gasteiger partial charge on any atom is -0.497 e. The lowest BCUT2D eigenvalue weighted by Crippen LogP contribution is -2.33. The molecule has 1 aliphatic heterocycles. The van der Waals surface area contributed by atoms with Gasteiger partial charge in [-0.25, -0.2) is 4.39 Å². The van der Waals surface area contributed by atoms with E-state index in [-0.39, 0.29) is 5.82 Å². The van der Waals surface area contributed by atoms with Gasteiger partial charge in [0, 0.05) is 31.9 Å². The predicted octanol–water partition coefficient (Wildman–Crippen LogP) is 3.47. The van der Waals surface area contributed by atoms with Crippen LogP contribution in [0.2, 0.25) is 0 Å². The van der Waals surface area contributed by atoms with Crippen LogP contribution in [0.3, 0.4) is 0 Å².